The van der Waals surface area contributed by atoms with Crippen LogP contribution in [0.2, 0.25) is 0 Å². The number of aliphatic imine (C=N–C) groups is 1. The minimum absolute atomic E-state index is 0.426. The molecular formula is C16H18N2O3. The average Bonchev–Trinajstić information content (AvgIpc) is 2.38. The molecule has 0 saturated heterocycles. The third-order valence-corrected chi connectivity index (χ3v) is 2.19. The largest absolute Gasteiger partial charge is 0.444 e. The summed E-state index contributed by atoms with van der Waals surface area (Å²) in [7, 11) is 0. The molecule has 1 aromatic carbocycles. The first kappa shape index (κ1) is 16.5. The van der Waals surface area contributed by atoms with E-state index in [2.05, 4.69) is 22.2 Å². The van der Waals surface area contributed by atoms with Gasteiger partial charge >= 0.3 is 6.09 Å². The molecule has 0 aliphatic rings. The van der Waals surface area contributed by atoms with Gasteiger partial charge in [-0.1, -0.05) is 11.8 Å². The van der Waals surface area contributed by atoms with Gasteiger partial charge in [-0.3, -0.25) is 0 Å². The van der Waals surface area contributed by atoms with Crippen molar-refractivity contribution in [2.75, 3.05) is 6.54 Å². The molecule has 0 radical (unpaired) electrons. The van der Waals surface area contributed by atoms with E-state index in [4.69, 9.17) is 4.74 Å². The summed E-state index contributed by atoms with van der Waals surface area (Å²) >= 11 is 0. The summed E-state index contributed by atoms with van der Waals surface area (Å²) in [6, 6.07) is 6.91. The summed E-state index contributed by atoms with van der Waals surface area (Å²) in [6.07, 6.45) is 1.55. The minimum atomic E-state index is -0.499. The molecule has 0 bridgehead atoms. The van der Waals surface area contributed by atoms with Crippen molar-refractivity contribution in [3.63, 3.8) is 0 Å². The molecule has 0 aromatic heterocycles. The molecule has 1 N–H and O–H groups in total. The van der Waals surface area contributed by atoms with Gasteiger partial charge in [0, 0.05) is 18.5 Å². The molecule has 0 spiro atoms. The Hall–Kier alpha value is -2.57. The number of rotatable bonds is 3. The van der Waals surface area contributed by atoms with E-state index in [0.717, 1.165) is 5.56 Å². The van der Waals surface area contributed by atoms with Gasteiger partial charge in [-0.05, 0) is 45.0 Å². The SMILES string of the molecule is CC(C)(C)OC(=O)NCCC#Cc1ccc(N=C=O)cc1. The van der Waals surface area contributed by atoms with E-state index < -0.39 is 11.7 Å². The van der Waals surface area contributed by atoms with E-state index in [0.29, 0.717) is 18.7 Å². The predicted octanol–water partition coefficient (Wildman–Crippen LogP) is 2.92. The van der Waals surface area contributed by atoms with Crippen LogP contribution in [0.3, 0.4) is 0 Å². The molecule has 1 rings (SSSR count). The van der Waals surface area contributed by atoms with E-state index in [1.54, 1.807) is 24.3 Å². The van der Waals surface area contributed by atoms with Gasteiger partial charge in [-0.2, -0.15) is 4.99 Å². The molecule has 1 amide bonds. The van der Waals surface area contributed by atoms with E-state index in [-0.39, 0.29) is 0 Å². The van der Waals surface area contributed by atoms with Crippen molar-refractivity contribution < 1.29 is 14.3 Å². The fourth-order valence-electron chi connectivity index (χ4n) is 1.38. The fourth-order valence-corrected chi connectivity index (χ4v) is 1.38. The summed E-state index contributed by atoms with van der Waals surface area (Å²) in [5.74, 6) is 5.90. The predicted molar refractivity (Wildman–Crippen MR) is 80.0 cm³/mol. The van der Waals surface area contributed by atoms with Gasteiger partial charge in [0.1, 0.15) is 5.60 Å². The van der Waals surface area contributed by atoms with E-state index in [1.807, 2.05) is 20.8 Å². The van der Waals surface area contributed by atoms with Crippen molar-refractivity contribution in [1.82, 2.24) is 5.32 Å². The topological polar surface area (TPSA) is 67.8 Å². The maximum Gasteiger partial charge on any atom is 0.407 e. The summed E-state index contributed by atoms with van der Waals surface area (Å²) in [5, 5.41) is 2.63. The number of hydrogen-bond donors (Lipinski definition) is 1. The highest BCUT2D eigenvalue weighted by Gasteiger charge is 2.15. The van der Waals surface area contributed by atoms with Crippen LogP contribution in [0.4, 0.5) is 10.5 Å². The molecular weight excluding hydrogens is 268 g/mol. The second-order valence-electron chi connectivity index (χ2n) is 5.23. The van der Waals surface area contributed by atoms with Gasteiger partial charge in [-0.25, -0.2) is 9.59 Å². The van der Waals surface area contributed by atoms with Crippen molar-refractivity contribution in [1.29, 1.82) is 0 Å². The number of carbonyl (C=O) groups excluding carboxylic acids is 2. The number of nitrogens with zero attached hydrogens (tertiary/aromatic N) is 1. The smallest absolute Gasteiger partial charge is 0.407 e. The number of isocyanates is 1. The minimum Gasteiger partial charge on any atom is -0.444 e. The number of carbonyl (C=O) groups is 1. The van der Waals surface area contributed by atoms with Gasteiger partial charge in [0.2, 0.25) is 6.08 Å². The zero-order valence-electron chi connectivity index (χ0n) is 12.4. The monoisotopic (exact) mass is 286 g/mol. The van der Waals surface area contributed by atoms with Gasteiger partial charge in [0.15, 0.2) is 0 Å². The molecule has 21 heavy (non-hydrogen) atoms. The van der Waals surface area contributed by atoms with Crippen molar-refractivity contribution in [2.45, 2.75) is 32.8 Å². The molecule has 0 aliphatic carbocycles. The second-order valence-corrected chi connectivity index (χ2v) is 5.23. The normalized spacial score (nSPS) is 9.86. The Balaban J connectivity index is 2.36. The van der Waals surface area contributed by atoms with Crippen LogP contribution in [0.25, 0.3) is 0 Å². The van der Waals surface area contributed by atoms with Crippen LogP contribution in [0.1, 0.15) is 32.8 Å². The standard InChI is InChI=1S/C16H18N2O3/c1-16(2,3)21-15(20)17-11-5-4-6-13-7-9-14(10-8-13)18-12-19/h7-10H,5,11H2,1-3H3,(H,17,20). The number of alkyl carbamates (subject to hydrolysis) is 1. The molecule has 0 unspecified atom stereocenters. The molecule has 110 valence electrons. The van der Waals surface area contributed by atoms with Gasteiger partial charge in [0.05, 0.1) is 5.69 Å². The van der Waals surface area contributed by atoms with Gasteiger partial charge in [0.25, 0.3) is 0 Å². The van der Waals surface area contributed by atoms with Crippen LogP contribution in [0.5, 0.6) is 0 Å². The van der Waals surface area contributed by atoms with Gasteiger partial charge in [-0.15, -0.1) is 0 Å². The van der Waals surface area contributed by atoms with Crippen molar-refractivity contribution in [3.05, 3.63) is 29.8 Å². The Kier molecular flexibility index (Phi) is 6.19. The Morgan fingerprint density at radius 2 is 1.95 bits per heavy atom. The summed E-state index contributed by atoms with van der Waals surface area (Å²) in [6.45, 7) is 5.86. The van der Waals surface area contributed by atoms with Crippen LogP contribution in [0.15, 0.2) is 29.3 Å². The number of benzene rings is 1. The van der Waals surface area contributed by atoms with Crippen molar-refractivity contribution in [3.8, 4) is 11.8 Å². The first-order valence-electron chi connectivity index (χ1n) is 6.54. The molecule has 0 atom stereocenters. The average molecular weight is 286 g/mol. The maximum atomic E-state index is 11.4. The van der Waals surface area contributed by atoms with Gasteiger partial charge < -0.3 is 10.1 Å². The molecule has 5 nitrogen and oxygen atoms in total. The third-order valence-electron chi connectivity index (χ3n) is 2.19. The highest BCUT2D eigenvalue weighted by Crippen LogP contribution is 2.11. The second kappa shape index (κ2) is 7.88. The van der Waals surface area contributed by atoms with Crippen LogP contribution in [-0.2, 0) is 9.53 Å². The van der Waals surface area contributed by atoms with Crippen molar-refractivity contribution in [2.24, 2.45) is 4.99 Å². The van der Waals surface area contributed by atoms with Crippen LogP contribution < -0.4 is 5.32 Å². The highest BCUT2D eigenvalue weighted by molar-refractivity contribution is 5.67. The number of amides is 1. The lowest BCUT2D eigenvalue weighted by atomic mass is 10.2. The van der Waals surface area contributed by atoms with Crippen molar-refractivity contribution >= 4 is 17.9 Å². The maximum absolute atomic E-state index is 11.4. The number of hydrogen-bond acceptors (Lipinski definition) is 4. The molecule has 5 heteroatoms. The molecule has 0 saturated carbocycles. The summed E-state index contributed by atoms with van der Waals surface area (Å²) in [5.41, 5.74) is 0.862. The Morgan fingerprint density at radius 3 is 2.52 bits per heavy atom. The molecule has 0 heterocycles. The van der Waals surface area contributed by atoms with Crippen LogP contribution >= 0.6 is 0 Å². The quantitative estimate of drug-likeness (QED) is 0.402. The molecule has 0 aliphatic heterocycles. The Labute approximate surface area is 124 Å². The Morgan fingerprint density at radius 1 is 1.29 bits per heavy atom. The molecule has 0 fully saturated rings. The highest BCUT2D eigenvalue weighted by atomic mass is 16.6. The summed E-state index contributed by atoms with van der Waals surface area (Å²) < 4.78 is 5.10. The van der Waals surface area contributed by atoms with Crippen LogP contribution in [-0.4, -0.2) is 24.3 Å². The first-order chi connectivity index (χ1) is 9.90. The van der Waals surface area contributed by atoms with E-state index in [9.17, 15) is 9.59 Å². The lowest BCUT2D eigenvalue weighted by molar-refractivity contribution is 0.0529. The zero-order chi connectivity index (χ0) is 15.7. The Bertz CT molecular complexity index is 583. The molecule has 1 aromatic rings. The zero-order valence-corrected chi connectivity index (χ0v) is 12.4. The van der Waals surface area contributed by atoms with Crippen LogP contribution in [0, 0.1) is 11.8 Å². The number of ether oxygens (including phenoxy) is 1. The number of nitrogens with one attached hydrogen (secondary N) is 1. The van der Waals surface area contributed by atoms with E-state index >= 15 is 0 Å². The summed E-state index contributed by atoms with van der Waals surface area (Å²) in [4.78, 5) is 24.9. The lowest BCUT2D eigenvalue weighted by Crippen LogP contribution is -2.32. The van der Waals surface area contributed by atoms with E-state index in [1.165, 1.54) is 6.08 Å². The first-order valence-corrected chi connectivity index (χ1v) is 6.54. The third kappa shape index (κ3) is 7.56. The lowest BCUT2D eigenvalue weighted by Gasteiger charge is -2.19. The fraction of sp³-hybridized carbons (Fsp3) is 0.375.